The summed E-state index contributed by atoms with van der Waals surface area (Å²) < 4.78 is 5.73. The van der Waals surface area contributed by atoms with E-state index in [1.54, 1.807) is 0 Å². The summed E-state index contributed by atoms with van der Waals surface area (Å²) in [5.41, 5.74) is 1.16. The van der Waals surface area contributed by atoms with Gasteiger partial charge in [-0.1, -0.05) is 30.3 Å². The zero-order valence-electron chi connectivity index (χ0n) is 8.41. The van der Waals surface area contributed by atoms with Crippen LogP contribution in [0, 0.1) is 0 Å². The highest BCUT2D eigenvalue weighted by Gasteiger charge is 2.15. The Balaban J connectivity index is 2.30. The molecule has 1 nitrogen and oxygen atoms in total. The first-order valence-corrected chi connectivity index (χ1v) is 6.54. The van der Waals surface area contributed by atoms with Crippen LogP contribution in [-0.2, 0) is 4.74 Å². The van der Waals surface area contributed by atoms with Crippen molar-refractivity contribution in [2.45, 2.75) is 6.42 Å². The Morgan fingerprint density at radius 3 is 2.80 bits per heavy atom. The quantitative estimate of drug-likeness (QED) is 0.745. The largest absolute Gasteiger partial charge is 0.491 e. The zero-order chi connectivity index (χ0) is 10.5. The number of allylic oxidation sites excluding steroid dienone is 1. The summed E-state index contributed by atoms with van der Waals surface area (Å²) in [6.07, 6.45) is 0.899. The fraction of sp³-hybridized carbons (Fsp3) is 0.333. The molecule has 1 heterocycles. The monoisotopic (exact) mass is 240 g/mol. The minimum atomic E-state index is 0.655. The van der Waals surface area contributed by atoms with Crippen LogP contribution in [0.3, 0.4) is 0 Å². The zero-order valence-corrected chi connectivity index (χ0v) is 9.98. The van der Waals surface area contributed by atoms with Gasteiger partial charge in [0.1, 0.15) is 5.76 Å². The van der Waals surface area contributed by atoms with Gasteiger partial charge in [-0.3, -0.25) is 0 Å². The van der Waals surface area contributed by atoms with Gasteiger partial charge in [-0.2, -0.15) is 0 Å². The van der Waals surface area contributed by atoms with Gasteiger partial charge in [-0.15, -0.1) is 23.4 Å². The SMILES string of the molecule is ClCCC1=C(c2ccccc2)OCCS1. The number of rotatable bonds is 3. The van der Waals surface area contributed by atoms with Crippen LogP contribution in [0.4, 0.5) is 0 Å². The molecular formula is C12H13ClOS. The number of halogens is 1. The summed E-state index contributed by atoms with van der Waals surface area (Å²) in [6.45, 7) is 0.792. The molecule has 0 fully saturated rings. The first-order valence-electron chi connectivity index (χ1n) is 5.02. The van der Waals surface area contributed by atoms with Crippen molar-refractivity contribution < 1.29 is 4.74 Å². The number of thioether (sulfide) groups is 1. The maximum absolute atomic E-state index is 5.78. The van der Waals surface area contributed by atoms with Crippen LogP contribution in [0.5, 0.6) is 0 Å². The second kappa shape index (κ2) is 5.47. The van der Waals surface area contributed by atoms with Crippen LogP contribution in [0.1, 0.15) is 12.0 Å². The maximum atomic E-state index is 5.78. The van der Waals surface area contributed by atoms with E-state index in [4.69, 9.17) is 16.3 Å². The second-order valence-electron chi connectivity index (χ2n) is 3.25. The number of ether oxygens (including phenoxy) is 1. The van der Waals surface area contributed by atoms with E-state index >= 15 is 0 Å². The molecule has 0 aromatic heterocycles. The molecule has 1 aromatic rings. The smallest absolute Gasteiger partial charge is 0.136 e. The highest BCUT2D eigenvalue weighted by Crippen LogP contribution is 2.34. The standard InChI is InChI=1S/C12H13ClOS/c13-7-6-11-12(14-8-9-15-11)10-4-2-1-3-5-10/h1-5H,6-9H2. The van der Waals surface area contributed by atoms with E-state index in [1.165, 1.54) is 4.91 Å². The van der Waals surface area contributed by atoms with Gasteiger partial charge in [-0.05, 0) is 6.42 Å². The van der Waals surface area contributed by atoms with Crippen molar-refractivity contribution in [1.82, 2.24) is 0 Å². The van der Waals surface area contributed by atoms with E-state index < -0.39 is 0 Å². The van der Waals surface area contributed by atoms with Crippen LogP contribution in [0.25, 0.3) is 5.76 Å². The number of benzene rings is 1. The average molecular weight is 241 g/mol. The van der Waals surface area contributed by atoms with Crippen molar-refractivity contribution in [3.63, 3.8) is 0 Å². The normalized spacial score (nSPS) is 16.3. The van der Waals surface area contributed by atoms with E-state index in [0.717, 1.165) is 30.1 Å². The minimum absolute atomic E-state index is 0.655. The summed E-state index contributed by atoms with van der Waals surface area (Å²) in [4.78, 5) is 1.28. The minimum Gasteiger partial charge on any atom is -0.491 e. The first-order chi connectivity index (χ1) is 7.42. The third-order valence-electron chi connectivity index (χ3n) is 2.22. The van der Waals surface area contributed by atoms with E-state index in [2.05, 4.69) is 12.1 Å². The number of alkyl halides is 1. The lowest BCUT2D eigenvalue weighted by Crippen LogP contribution is -2.06. The van der Waals surface area contributed by atoms with Crippen molar-refractivity contribution in [2.75, 3.05) is 18.2 Å². The van der Waals surface area contributed by atoms with Crippen LogP contribution in [0.2, 0.25) is 0 Å². The van der Waals surface area contributed by atoms with Crippen LogP contribution in [-0.4, -0.2) is 18.2 Å². The van der Waals surface area contributed by atoms with Crippen LogP contribution in [0.15, 0.2) is 35.2 Å². The molecule has 0 atom stereocenters. The molecule has 2 rings (SSSR count). The molecule has 0 aliphatic carbocycles. The summed E-state index contributed by atoms with van der Waals surface area (Å²) in [5, 5.41) is 0. The van der Waals surface area contributed by atoms with Gasteiger partial charge in [0.2, 0.25) is 0 Å². The molecule has 0 spiro atoms. The highest BCUT2D eigenvalue weighted by molar-refractivity contribution is 8.03. The van der Waals surface area contributed by atoms with Gasteiger partial charge in [-0.25, -0.2) is 0 Å². The van der Waals surface area contributed by atoms with Crippen molar-refractivity contribution in [3.8, 4) is 0 Å². The molecule has 0 saturated heterocycles. The van der Waals surface area contributed by atoms with Gasteiger partial charge >= 0.3 is 0 Å². The Kier molecular flexibility index (Phi) is 3.98. The van der Waals surface area contributed by atoms with Crippen LogP contribution < -0.4 is 0 Å². The van der Waals surface area contributed by atoms with Crippen molar-refractivity contribution in [2.24, 2.45) is 0 Å². The highest BCUT2D eigenvalue weighted by atomic mass is 35.5. The average Bonchev–Trinajstić information content (AvgIpc) is 2.31. The Hall–Kier alpha value is -0.600. The second-order valence-corrected chi connectivity index (χ2v) is 4.82. The molecule has 0 saturated carbocycles. The molecule has 0 unspecified atom stereocenters. The summed E-state index contributed by atoms with van der Waals surface area (Å²) in [6, 6.07) is 10.2. The van der Waals surface area contributed by atoms with Crippen molar-refractivity contribution in [1.29, 1.82) is 0 Å². The van der Waals surface area contributed by atoms with E-state index in [0.29, 0.717) is 5.88 Å². The molecule has 15 heavy (non-hydrogen) atoms. The Morgan fingerprint density at radius 2 is 2.07 bits per heavy atom. The molecular weight excluding hydrogens is 228 g/mol. The third kappa shape index (κ3) is 2.70. The molecule has 0 bridgehead atoms. The van der Waals surface area contributed by atoms with E-state index in [1.807, 2.05) is 30.0 Å². The lowest BCUT2D eigenvalue weighted by molar-refractivity contribution is 0.297. The first kappa shape index (κ1) is 10.9. The Morgan fingerprint density at radius 1 is 1.27 bits per heavy atom. The predicted octanol–water partition coefficient (Wildman–Crippen LogP) is 3.75. The van der Waals surface area contributed by atoms with Gasteiger partial charge in [0, 0.05) is 22.1 Å². The molecule has 0 N–H and O–H groups in total. The Labute approximate surface area is 99.5 Å². The summed E-state index contributed by atoms with van der Waals surface area (Å²) >= 11 is 7.65. The molecule has 1 aliphatic rings. The van der Waals surface area contributed by atoms with Crippen molar-refractivity contribution in [3.05, 3.63) is 40.8 Å². The molecule has 80 valence electrons. The summed E-state index contributed by atoms with van der Waals surface area (Å²) in [7, 11) is 0. The van der Waals surface area contributed by atoms with Gasteiger partial charge < -0.3 is 4.74 Å². The maximum Gasteiger partial charge on any atom is 0.136 e. The van der Waals surface area contributed by atoms with Gasteiger partial charge in [0.25, 0.3) is 0 Å². The molecule has 0 radical (unpaired) electrons. The lowest BCUT2D eigenvalue weighted by Gasteiger charge is -2.20. The van der Waals surface area contributed by atoms with E-state index in [9.17, 15) is 0 Å². The number of hydrogen-bond acceptors (Lipinski definition) is 2. The van der Waals surface area contributed by atoms with Gasteiger partial charge in [0.05, 0.1) is 6.61 Å². The lowest BCUT2D eigenvalue weighted by atomic mass is 10.1. The molecule has 1 aliphatic heterocycles. The number of hydrogen-bond donors (Lipinski definition) is 0. The topological polar surface area (TPSA) is 9.23 Å². The van der Waals surface area contributed by atoms with Crippen LogP contribution >= 0.6 is 23.4 Å². The Bertz CT molecular complexity index is 348. The van der Waals surface area contributed by atoms with Gasteiger partial charge in [0.15, 0.2) is 0 Å². The molecule has 3 heteroatoms. The predicted molar refractivity (Wildman–Crippen MR) is 67.1 cm³/mol. The van der Waals surface area contributed by atoms with E-state index in [-0.39, 0.29) is 0 Å². The fourth-order valence-corrected chi connectivity index (χ4v) is 2.83. The molecule has 1 aromatic carbocycles. The summed E-state index contributed by atoms with van der Waals surface area (Å²) in [5.74, 6) is 2.71. The third-order valence-corrected chi connectivity index (χ3v) is 3.51. The fourth-order valence-electron chi connectivity index (χ4n) is 1.56. The van der Waals surface area contributed by atoms with Crippen molar-refractivity contribution >= 4 is 29.1 Å². The molecule has 0 amide bonds.